The molecule has 1 heterocycles. The smallest absolute Gasteiger partial charge is 0.0645 e. The van der Waals surface area contributed by atoms with E-state index in [4.69, 9.17) is 0 Å². The third kappa shape index (κ3) is 2.51. The highest BCUT2D eigenvalue weighted by atomic mass is 15.3. The Balaban J connectivity index is 2.21. The highest BCUT2D eigenvalue weighted by Crippen LogP contribution is 2.12. The van der Waals surface area contributed by atoms with Crippen LogP contribution in [0.1, 0.15) is 25.0 Å². The van der Waals surface area contributed by atoms with Crippen molar-refractivity contribution in [3.63, 3.8) is 0 Å². The fourth-order valence-electron chi connectivity index (χ4n) is 1.78. The lowest BCUT2D eigenvalue weighted by molar-refractivity contribution is 0.647. The van der Waals surface area contributed by atoms with Crippen molar-refractivity contribution in [2.45, 2.75) is 27.2 Å². The quantitative estimate of drug-likeness (QED) is 0.766. The van der Waals surface area contributed by atoms with Crippen molar-refractivity contribution in [2.75, 3.05) is 0 Å². The summed E-state index contributed by atoms with van der Waals surface area (Å²) < 4.78 is 1.94. The average molecular weight is 214 g/mol. The van der Waals surface area contributed by atoms with Gasteiger partial charge in [0.2, 0.25) is 0 Å². The summed E-state index contributed by atoms with van der Waals surface area (Å²) in [6, 6.07) is 8.42. The second kappa shape index (κ2) is 4.52. The molecular formula is C14H18N2. The third-order valence-electron chi connectivity index (χ3n) is 2.58. The van der Waals surface area contributed by atoms with Crippen LogP contribution in [0.2, 0.25) is 0 Å². The Morgan fingerprint density at radius 2 is 1.88 bits per heavy atom. The van der Waals surface area contributed by atoms with Gasteiger partial charge in [0, 0.05) is 6.20 Å². The van der Waals surface area contributed by atoms with Gasteiger partial charge in [-0.25, -0.2) is 4.68 Å². The van der Waals surface area contributed by atoms with Gasteiger partial charge < -0.3 is 0 Å². The molecule has 0 saturated heterocycles. The largest absolute Gasteiger partial charge is 0.241 e. The maximum absolute atomic E-state index is 4.39. The molecule has 1 aromatic heterocycles. The Hall–Kier alpha value is -1.57. The van der Waals surface area contributed by atoms with Crippen LogP contribution >= 0.6 is 0 Å². The predicted octanol–water partition coefficient (Wildman–Crippen LogP) is 3.38. The fourth-order valence-corrected chi connectivity index (χ4v) is 1.78. The zero-order valence-electron chi connectivity index (χ0n) is 10.1. The van der Waals surface area contributed by atoms with Gasteiger partial charge >= 0.3 is 0 Å². The van der Waals surface area contributed by atoms with E-state index in [1.165, 1.54) is 11.1 Å². The van der Waals surface area contributed by atoms with E-state index in [2.05, 4.69) is 56.3 Å². The number of aryl methyl sites for hydroxylation is 1. The molecule has 2 nitrogen and oxygen atoms in total. The van der Waals surface area contributed by atoms with Crippen molar-refractivity contribution >= 4 is 0 Å². The van der Waals surface area contributed by atoms with E-state index in [1.54, 1.807) is 0 Å². The zero-order valence-corrected chi connectivity index (χ0v) is 10.1. The summed E-state index contributed by atoms with van der Waals surface area (Å²) in [6.45, 7) is 6.55. The summed E-state index contributed by atoms with van der Waals surface area (Å²) >= 11 is 0. The minimum absolute atomic E-state index is 0.677. The van der Waals surface area contributed by atoms with Crippen LogP contribution in [-0.2, 0) is 6.42 Å². The summed E-state index contributed by atoms with van der Waals surface area (Å²) in [7, 11) is 0. The number of hydrogen-bond donors (Lipinski definition) is 0. The normalized spacial score (nSPS) is 11.0. The first-order valence-corrected chi connectivity index (χ1v) is 5.76. The van der Waals surface area contributed by atoms with Gasteiger partial charge in [-0.1, -0.05) is 31.5 Å². The lowest BCUT2D eigenvalue weighted by Crippen LogP contribution is -1.94. The van der Waals surface area contributed by atoms with Crippen LogP contribution < -0.4 is 0 Å². The topological polar surface area (TPSA) is 17.8 Å². The lowest BCUT2D eigenvalue weighted by atomic mass is 10.1. The molecule has 2 rings (SSSR count). The standard InChI is InChI=1S/C14H18N2/c1-11(2)8-13-9-15-16(10-13)14-6-4-12(3)5-7-14/h4-7,9-11H,8H2,1-3H3. The fraction of sp³-hybridized carbons (Fsp3) is 0.357. The molecule has 0 unspecified atom stereocenters. The van der Waals surface area contributed by atoms with Gasteiger partial charge in [-0.2, -0.15) is 5.10 Å². The van der Waals surface area contributed by atoms with Crippen LogP contribution in [-0.4, -0.2) is 9.78 Å². The van der Waals surface area contributed by atoms with Crippen molar-refractivity contribution in [2.24, 2.45) is 5.92 Å². The van der Waals surface area contributed by atoms with Crippen LogP contribution in [0, 0.1) is 12.8 Å². The Morgan fingerprint density at radius 1 is 1.19 bits per heavy atom. The van der Waals surface area contributed by atoms with E-state index in [-0.39, 0.29) is 0 Å². The van der Waals surface area contributed by atoms with Gasteiger partial charge in [0.25, 0.3) is 0 Å². The highest BCUT2D eigenvalue weighted by Gasteiger charge is 2.02. The number of rotatable bonds is 3. The maximum Gasteiger partial charge on any atom is 0.0645 e. The van der Waals surface area contributed by atoms with E-state index in [1.807, 2.05) is 10.9 Å². The number of benzene rings is 1. The monoisotopic (exact) mass is 214 g/mol. The molecule has 0 aliphatic carbocycles. The molecule has 0 aliphatic heterocycles. The first kappa shape index (κ1) is 10.9. The Bertz CT molecular complexity index is 452. The number of aromatic nitrogens is 2. The second-order valence-electron chi connectivity index (χ2n) is 4.73. The van der Waals surface area contributed by atoms with Gasteiger partial charge in [0.05, 0.1) is 11.9 Å². The average Bonchev–Trinajstić information content (AvgIpc) is 2.66. The molecule has 0 amide bonds. The molecule has 84 valence electrons. The SMILES string of the molecule is Cc1ccc(-n2cc(CC(C)C)cn2)cc1. The molecule has 16 heavy (non-hydrogen) atoms. The Kier molecular flexibility index (Phi) is 3.09. The van der Waals surface area contributed by atoms with Crippen LogP contribution in [0.4, 0.5) is 0 Å². The minimum Gasteiger partial charge on any atom is -0.241 e. The molecule has 0 atom stereocenters. The van der Waals surface area contributed by atoms with E-state index in [0.29, 0.717) is 5.92 Å². The van der Waals surface area contributed by atoms with Crippen molar-refractivity contribution in [3.05, 3.63) is 47.8 Å². The minimum atomic E-state index is 0.677. The van der Waals surface area contributed by atoms with E-state index < -0.39 is 0 Å². The molecule has 0 spiro atoms. The van der Waals surface area contributed by atoms with Crippen LogP contribution in [0.3, 0.4) is 0 Å². The molecule has 0 saturated carbocycles. The van der Waals surface area contributed by atoms with E-state index in [9.17, 15) is 0 Å². The summed E-state index contributed by atoms with van der Waals surface area (Å²) in [5.41, 5.74) is 3.70. The van der Waals surface area contributed by atoms with Gasteiger partial charge in [-0.15, -0.1) is 0 Å². The zero-order chi connectivity index (χ0) is 11.5. The number of nitrogens with zero attached hydrogens (tertiary/aromatic N) is 2. The van der Waals surface area contributed by atoms with Crippen LogP contribution in [0.25, 0.3) is 5.69 Å². The maximum atomic E-state index is 4.39. The highest BCUT2D eigenvalue weighted by molar-refractivity contribution is 5.33. The Labute approximate surface area is 96.9 Å². The summed E-state index contributed by atoms with van der Waals surface area (Å²) in [5, 5.41) is 4.39. The first-order valence-electron chi connectivity index (χ1n) is 5.76. The Morgan fingerprint density at radius 3 is 2.50 bits per heavy atom. The van der Waals surface area contributed by atoms with Crippen molar-refractivity contribution in [1.29, 1.82) is 0 Å². The molecule has 2 heteroatoms. The molecule has 0 N–H and O–H groups in total. The van der Waals surface area contributed by atoms with Gasteiger partial charge in [-0.05, 0) is 37.0 Å². The summed E-state index contributed by atoms with van der Waals surface area (Å²) in [4.78, 5) is 0. The molecule has 1 aromatic carbocycles. The van der Waals surface area contributed by atoms with Gasteiger partial charge in [-0.3, -0.25) is 0 Å². The van der Waals surface area contributed by atoms with Crippen LogP contribution in [0.5, 0.6) is 0 Å². The van der Waals surface area contributed by atoms with Crippen molar-refractivity contribution < 1.29 is 0 Å². The molecule has 0 radical (unpaired) electrons. The third-order valence-corrected chi connectivity index (χ3v) is 2.58. The van der Waals surface area contributed by atoms with Gasteiger partial charge in [0.1, 0.15) is 0 Å². The molecule has 0 aliphatic rings. The first-order chi connectivity index (χ1) is 7.65. The predicted molar refractivity (Wildman–Crippen MR) is 66.8 cm³/mol. The molecule has 0 bridgehead atoms. The summed E-state index contributed by atoms with van der Waals surface area (Å²) in [6.07, 6.45) is 5.16. The second-order valence-corrected chi connectivity index (χ2v) is 4.73. The van der Waals surface area contributed by atoms with E-state index >= 15 is 0 Å². The van der Waals surface area contributed by atoms with Crippen molar-refractivity contribution in [1.82, 2.24) is 9.78 Å². The summed E-state index contributed by atoms with van der Waals surface area (Å²) in [5.74, 6) is 0.677. The van der Waals surface area contributed by atoms with Crippen molar-refractivity contribution in [3.8, 4) is 5.69 Å². The molecule has 0 fully saturated rings. The molecular weight excluding hydrogens is 196 g/mol. The number of hydrogen-bond acceptors (Lipinski definition) is 1. The lowest BCUT2D eigenvalue weighted by Gasteiger charge is -2.02. The van der Waals surface area contributed by atoms with E-state index in [0.717, 1.165) is 12.1 Å². The van der Waals surface area contributed by atoms with Crippen LogP contribution in [0.15, 0.2) is 36.7 Å². The molecule has 2 aromatic rings. The van der Waals surface area contributed by atoms with Gasteiger partial charge in [0.15, 0.2) is 0 Å².